The van der Waals surface area contributed by atoms with E-state index in [1.54, 1.807) is 9.80 Å². The van der Waals surface area contributed by atoms with Gasteiger partial charge in [0.1, 0.15) is 4.32 Å². The third kappa shape index (κ3) is 4.96. The molecule has 1 saturated heterocycles. The van der Waals surface area contributed by atoms with Crippen LogP contribution in [-0.2, 0) is 16.1 Å². The number of thiocarbonyl (C=S) groups is 1. The summed E-state index contributed by atoms with van der Waals surface area (Å²) in [4.78, 5) is 31.1. The van der Waals surface area contributed by atoms with Crippen molar-refractivity contribution in [2.24, 2.45) is 5.92 Å². The van der Waals surface area contributed by atoms with Gasteiger partial charge in [0.15, 0.2) is 0 Å². The van der Waals surface area contributed by atoms with Gasteiger partial charge in [-0.1, -0.05) is 103 Å². The van der Waals surface area contributed by atoms with Crippen molar-refractivity contribution in [3.05, 3.63) is 69.0 Å². The number of carbonyl (C=O) groups is 2. The summed E-state index contributed by atoms with van der Waals surface area (Å²) < 4.78 is 1.41. The quantitative estimate of drug-likeness (QED) is 0.272. The molecule has 4 nitrogen and oxygen atoms in total. The first-order chi connectivity index (χ1) is 15.9. The van der Waals surface area contributed by atoms with E-state index in [0.29, 0.717) is 33.8 Å². The summed E-state index contributed by atoms with van der Waals surface area (Å²) in [5.41, 5.74) is 3.10. The van der Waals surface area contributed by atoms with E-state index in [-0.39, 0.29) is 11.8 Å². The van der Waals surface area contributed by atoms with Crippen molar-refractivity contribution < 1.29 is 9.59 Å². The summed E-state index contributed by atoms with van der Waals surface area (Å²) in [5, 5.41) is 0. The molecule has 0 bridgehead atoms. The first-order valence-electron chi connectivity index (χ1n) is 11.4. The molecule has 0 N–H and O–H groups in total. The molecule has 1 unspecified atom stereocenters. The molecule has 4 rings (SSSR count). The lowest BCUT2D eigenvalue weighted by atomic mass is 9.98. The Labute approximate surface area is 213 Å². The standard InChI is InChI=1S/C26H27BrN2O2S2/c1-3-5-9-17(4-2)15-29-25(31)23(33-26(29)32)22-20-14-19(27)12-13-21(20)28(24(22)30)16-18-10-7-6-8-11-18/h6-8,10-14,17H,3-5,9,15-16H2,1-2H3/b23-22-. The number of halogens is 1. The van der Waals surface area contributed by atoms with E-state index in [0.717, 1.165) is 47.0 Å². The molecule has 2 heterocycles. The third-order valence-electron chi connectivity index (χ3n) is 6.22. The predicted molar refractivity (Wildman–Crippen MR) is 144 cm³/mol. The second-order valence-electron chi connectivity index (χ2n) is 8.44. The maximum atomic E-state index is 13.7. The van der Waals surface area contributed by atoms with Gasteiger partial charge in [0.25, 0.3) is 11.8 Å². The average molecular weight is 544 g/mol. The van der Waals surface area contributed by atoms with Crippen LogP contribution in [0.3, 0.4) is 0 Å². The number of rotatable bonds is 8. The molecule has 2 amide bonds. The highest BCUT2D eigenvalue weighted by atomic mass is 79.9. The number of hydrogen-bond acceptors (Lipinski definition) is 4. The molecule has 0 saturated carbocycles. The van der Waals surface area contributed by atoms with Crippen LogP contribution in [0.5, 0.6) is 0 Å². The van der Waals surface area contributed by atoms with Crippen LogP contribution >= 0.6 is 39.9 Å². The summed E-state index contributed by atoms with van der Waals surface area (Å²) in [6, 6.07) is 15.7. The fourth-order valence-electron chi connectivity index (χ4n) is 4.33. The van der Waals surface area contributed by atoms with Crippen LogP contribution in [0, 0.1) is 5.92 Å². The first-order valence-corrected chi connectivity index (χ1v) is 13.4. The topological polar surface area (TPSA) is 40.6 Å². The largest absolute Gasteiger partial charge is 0.303 e. The zero-order chi connectivity index (χ0) is 23.5. The zero-order valence-electron chi connectivity index (χ0n) is 18.8. The van der Waals surface area contributed by atoms with Gasteiger partial charge in [0.2, 0.25) is 0 Å². The van der Waals surface area contributed by atoms with Crippen LogP contribution in [0.15, 0.2) is 57.9 Å². The highest BCUT2D eigenvalue weighted by molar-refractivity contribution is 9.10. The molecule has 7 heteroatoms. The minimum absolute atomic E-state index is 0.143. The molecule has 33 heavy (non-hydrogen) atoms. The van der Waals surface area contributed by atoms with Crippen LogP contribution in [0.4, 0.5) is 5.69 Å². The Morgan fingerprint density at radius 3 is 2.48 bits per heavy atom. The van der Waals surface area contributed by atoms with E-state index in [2.05, 4.69) is 29.8 Å². The Morgan fingerprint density at radius 2 is 1.79 bits per heavy atom. The Balaban J connectivity index is 1.69. The molecule has 1 fully saturated rings. The lowest BCUT2D eigenvalue weighted by Crippen LogP contribution is -2.33. The van der Waals surface area contributed by atoms with Crippen LogP contribution in [0.25, 0.3) is 5.57 Å². The van der Waals surface area contributed by atoms with Gasteiger partial charge in [0, 0.05) is 16.6 Å². The number of thioether (sulfide) groups is 1. The molecule has 1 atom stereocenters. The molecule has 0 radical (unpaired) electrons. The van der Waals surface area contributed by atoms with E-state index in [1.807, 2.05) is 48.5 Å². The highest BCUT2D eigenvalue weighted by Crippen LogP contribution is 2.46. The summed E-state index contributed by atoms with van der Waals surface area (Å²) >= 11 is 10.4. The molecule has 2 aromatic carbocycles. The van der Waals surface area contributed by atoms with Gasteiger partial charge < -0.3 is 4.90 Å². The molecule has 2 aliphatic rings. The summed E-state index contributed by atoms with van der Waals surface area (Å²) in [7, 11) is 0. The lowest BCUT2D eigenvalue weighted by Gasteiger charge is -2.21. The van der Waals surface area contributed by atoms with Gasteiger partial charge in [0.05, 0.1) is 22.7 Å². The SMILES string of the molecule is CCCCC(CC)CN1C(=O)/C(=C2/C(=O)N(Cc3ccccc3)c3ccc(Br)cc32)SC1=S. The van der Waals surface area contributed by atoms with E-state index < -0.39 is 0 Å². The Morgan fingerprint density at radius 1 is 1.03 bits per heavy atom. The molecule has 2 aliphatic heterocycles. The van der Waals surface area contributed by atoms with E-state index in [1.165, 1.54) is 11.8 Å². The molecule has 0 aromatic heterocycles. The van der Waals surface area contributed by atoms with Gasteiger partial charge in [-0.05, 0) is 36.1 Å². The van der Waals surface area contributed by atoms with Crippen LogP contribution in [0.1, 0.15) is 50.7 Å². The molecule has 2 aromatic rings. The number of amides is 2. The minimum Gasteiger partial charge on any atom is -0.303 e. The number of nitrogens with zero attached hydrogens (tertiary/aromatic N) is 2. The van der Waals surface area contributed by atoms with Gasteiger partial charge in [-0.3, -0.25) is 14.5 Å². The molecular weight excluding hydrogens is 516 g/mol. The smallest absolute Gasteiger partial charge is 0.267 e. The normalized spacial score (nSPS) is 18.9. The van der Waals surface area contributed by atoms with E-state index >= 15 is 0 Å². The van der Waals surface area contributed by atoms with Crippen molar-refractivity contribution in [1.82, 2.24) is 4.90 Å². The molecule has 0 spiro atoms. The molecular formula is C26H27BrN2O2S2. The summed E-state index contributed by atoms with van der Waals surface area (Å²) in [6.07, 6.45) is 4.36. The second kappa shape index (κ2) is 10.5. The first kappa shape index (κ1) is 24.2. The fraction of sp³-hybridized carbons (Fsp3) is 0.346. The second-order valence-corrected chi connectivity index (χ2v) is 11.0. The van der Waals surface area contributed by atoms with Crippen molar-refractivity contribution in [3.8, 4) is 0 Å². The monoisotopic (exact) mass is 542 g/mol. The van der Waals surface area contributed by atoms with E-state index in [4.69, 9.17) is 12.2 Å². The number of anilines is 1. The predicted octanol–water partition coefficient (Wildman–Crippen LogP) is 6.78. The number of hydrogen-bond donors (Lipinski definition) is 0. The number of carbonyl (C=O) groups excluding carboxylic acids is 2. The Hall–Kier alpha value is -1.96. The van der Waals surface area contributed by atoms with Crippen LogP contribution in [0.2, 0.25) is 0 Å². The van der Waals surface area contributed by atoms with Crippen molar-refractivity contribution in [1.29, 1.82) is 0 Å². The lowest BCUT2D eigenvalue weighted by molar-refractivity contribution is -0.123. The van der Waals surface area contributed by atoms with Gasteiger partial charge in [-0.15, -0.1) is 0 Å². The van der Waals surface area contributed by atoms with Gasteiger partial charge in [-0.2, -0.15) is 0 Å². The zero-order valence-corrected chi connectivity index (χ0v) is 22.1. The number of fused-ring (bicyclic) bond motifs is 1. The van der Waals surface area contributed by atoms with Gasteiger partial charge >= 0.3 is 0 Å². The van der Waals surface area contributed by atoms with E-state index in [9.17, 15) is 9.59 Å². The third-order valence-corrected chi connectivity index (χ3v) is 8.16. The Bertz CT molecular complexity index is 1120. The van der Waals surface area contributed by atoms with Crippen LogP contribution in [-0.4, -0.2) is 27.6 Å². The molecule has 172 valence electrons. The Kier molecular flexibility index (Phi) is 7.72. The minimum atomic E-state index is -0.148. The van der Waals surface area contributed by atoms with Crippen LogP contribution < -0.4 is 4.90 Å². The van der Waals surface area contributed by atoms with Crippen molar-refractivity contribution in [2.45, 2.75) is 46.1 Å². The maximum Gasteiger partial charge on any atom is 0.267 e. The maximum absolute atomic E-state index is 13.7. The highest BCUT2D eigenvalue weighted by Gasteiger charge is 2.42. The van der Waals surface area contributed by atoms with Crippen molar-refractivity contribution in [2.75, 3.05) is 11.4 Å². The number of unbranched alkanes of at least 4 members (excludes halogenated alkanes) is 1. The summed E-state index contributed by atoms with van der Waals surface area (Å²) in [6.45, 7) is 5.41. The van der Waals surface area contributed by atoms with Crippen molar-refractivity contribution >= 4 is 67.3 Å². The molecule has 0 aliphatic carbocycles. The van der Waals surface area contributed by atoms with Crippen molar-refractivity contribution in [3.63, 3.8) is 0 Å². The summed E-state index contributed by atoms with van der Waals surface area (Å²) in [5.74, 6) is 0.119. The average Bonchev–Trinajstić information content (AvgIpc) is 3.23. The van der Waals surface area contributed by atoms with Gasteiger partial charge in [-0.25, -0.2) is 0 Å². The number of benzene rings is 2. The fourth-order valence-corrected chi connectivity index (χ4v) is 6.04.